The first-order chi connectivity index (χ1) is 11.0. The SMILES string of the molecule is C=CC(=O)Nc1cc(NC(=O)c2cnn(CCF)c2)ccc1F. The molecule has 0 atom stereocenters. The van der Waals surface area contributed by atoms with E-state index in [9.17, 15) is 18.4 Å². The molecule has 23 heavy (non-hydrogen) atoms. The predicted octanol–water partition coefficient (Wildman–Crippen LogP) is 2.37. The van der Waals surface area contributed by atoms with Crippen LogP contribution in [0.1, 0.15) is 10.4 Å². The highest BCUT2D eigenvalue weighted by Gasteiger charge is 2.11. The van der Waals surface area contributed by atoms with Gasteiger partial charge in [0.2, 0.25) is 5.91 Å². The molecule has 0 fully saturated rings. The van der Waals surface area contributed by atoms with Crippen molar-refractivity contribution in [1.29, 1.82) is 0 Å². The number of alkyl halides is 1. The van der Waals surface area contributed by atoms with Crippen LogP contribution in [0.25, 0.3) is 0 Å². The van der Waals surface area contributed by atoms with Crippen molar-refractivity contribution in [2.45, 2.75) is 6.54 Å². The first kappa shape index (κ1) is 16.3. The van der Waals surface area contributed by atoms with Gasteiger partial charge < -0.3 is 10.6 Å². The summed E-state index contributed by atoms with van der Waals surface area (Å²) in [7, 11) is 0. The number of aromatic nitrogens is 2. The molecule has 0 saturated carbocycles. The number of amides is 2. The van der Waals surface area contributed by atoms with E-state index in [-0.39, 0.29) is 23.5 Å². The Balaban J connectivity index is 2.12. The molecule has 0 saturated heterocycles. The molecule has 2 N–H and O–H groups in total. The molecule has 0 aliphatic rings. The topological polar surface area (TPSA) is 76.0 Å². The average molecular weight is 320 g/mol. The summed E-state index contributed by atoms with van der Waals surface area (Å²) < 4.78 is 27.1. The van der Waals surface area contributed by atoms with Gasteiger partial charge in [-0.05, 0) is 24.3 Å². The van der Waals surface area contributed by atoms with Gasteiger partial charge in [-0.25, -0.2) is 8.78 Å². The van der Waals surface area contributed by atoms with Crippen LogP contribution in [0.4, 0.5) is 20.2 Å². The molecule has 1 heterocycles. The summed E-state index contributed by atoms with van der Waals surface area (Å²) in [6.45, 7) is 2.74. The Kier molecular flexibility index (Phi) is 5.19. The smallest absolute Gasteiger partial charge is 0.258 e. The number of benzene rings is 1. The molecule has 0 spiro atoms. The normalized spacial score (nSPS) is 10.2. The number of rotatable bonds is 6. The zero-order valence-electron chi connectivity index (χ0n) is 12.1. The van der Waals surface area contributed by atoms with E-state index >= 15 is 0 Å². The third-order valence-electron chi connectivity index (χ3n) is 2.88. The largest absolute Gasteiger partial charge is 0.322 e. The molecule has 0 aliphatic carbocycles. The molecular weight excluding hydrogens is 306 g/mol. The molecule has 2 aromatic rings. The summed E-state index contributed by atoms with van der Waals surface area (Å²) >= 11 is 0. The quantitative estimate of drug-likeness (QED) is 0.802. The van der Waals surface area contributed by atoms with Crippen molar-refractivity contribution in [2.75, 3.05) is 17.3 Å². The summed E-state index contributed by atoms with van der Waals surface area (Å²) in [5, 5.41) is 8.67. The van der Waals surface area contributed by atoms with Crippen LogP contribution in [0.3, 0.4) is 0 Å². The second-order valence-electron chi connectivity index (χ2n) is 4.52. The molecule has 0 bridgehead atoms. The molecular formula is C15H14F2N4O2. The van der Waals surface area contributed by atoms with E-state index < -0.39 is 24.3 Å². The number of nitrogens with one attached hydrogen (secondary N) is 2. The summed E-state index contributed by atoms with van der Waals surface area (Å²) in [6.07, 6.45) is 3.71. The average Bonchev–Trinajstić information content (AvgIpc) is 2.99. The minimum Gasteiger partial charge on any atom is -0.322 e. The zero-order chi connectivity index (χ0) is 16.8. The molecule has 120 valence electrons. The molecule has 0 aliphatic heterocycles. The van der Waals surface area contributed by atoms with Gasteiger partial charge in [0.1, 0.15) is 12.5 Å². The molecule has 8 heteroatoms. The van der Waals surface area contributed by atoms with Crippen LogP contribution >= 0.6 is 0 Å². The van der Waals surface area contributed by atoms with E-state index in [0.29, 0.717) is 0 Å². The van der Waals surface area contributed by atoms with Gasteiger partial charge in [0, 0.05) is 11.9 Å². The Morgan fingerprint density at radius 3 is 2.83 bits per heavy atom. The van der Waals surface area contributed by atoms with Gasteiger partial charge in [-0.15, -0.1) is 0 Å². The monoisotopic (exact) mass is 320 g/mol. The number of carbonyl (C=O) groups excluding carboxylic acids is 2. The van der Waals surface area contributed by atoms with Gasteiger partial charge in [0.15, 0.2) is 0 Å². The molecule has 0 radical (unpaired) electrons. The van der Waals surface area contributed by atoms with Crippen LogP contribution in [0.5, 0.6) is 0 Å². The van der Waals surface area contributed by atoms with Gasteiger partial charge in [0.25, 0.3) is 5.91 Å². The fourth-order valence-electron chi connectivity index (χ4n) is 1.78. The standard InChI is InChI=1S/C15H14F2N4O2/c1-2-14(22)20-13-7-11(3-4-12(13)17)19-15(23)10-8-18-21(9-10)6-5-16/h2-4,7-9H,1,5-6H2,(H,19,23)(H,20,22). The highest BCUT2D eigenvalue weighted by atomic mass is 19.1. The van der Waals surface area contributed by atoms with Gasteiger partial charge in [-0.2, -0.15) is 5.10 Å². The molecule has 1 aromatic heterocycles. The highest BCUT2D eigenvalue weighted by Crippen LogP contribution is 2.20. The number of carbonyl (C=O) groups is 2. The number of hydrogen-bond donors (Lipinski definition) is 2. The summed E-state index contributed by atoms with van der Waals surface area (Å²) in [6, 6.07) is 3.74. The van der Waals surface area contributed by atoms with Crippen LogP contribution < -0.4 is 10.6 Å². The Morgan fingerprint density at radius 1 is 1.35 bits per heavy atom. The van der Waals surface area contributed by atoms with E-state index in [2.05, 4.69) is 22.3 Å². The number of hydrogen-bond acceptors (Lipinski definition) is 3. The maximum Gasteiger partial charge on any atom is 0.258 e. The van der Waals surface area contributed by atoms with Crippen LogP contribution in [0.15, 0.2) is 43.2 Å². The summed E-state index contributed by atoms with van der Waals surface area (Å²) in [5.74, 6) is -1.70. The maximum atomic E-state index is 13.6. The minimum atomic E-state index is -0.644. The van der Waals surface area contributed by atoms with Crippen molar-refractivity contribution >= 4 is 23.2 Å². The van der Waals surface area contributed by atoms with Crippen molar-refractivity contribution in [3.8, 4) is 0 Å². The molecule has 6 nitrogen and oxygen atoms in total. The summed E-state index contributed by atoms with van der Waals surface area (Å²) in [5.41, 5.74) is 0.439. The fourth-order valence-corrected chi connectivity index (χ4v) is 1.78. The lowest BCUT2D eigenvalue weighted by atomic mass is 10.2. The van der Waals surface area contributed by atoms with Gasteiger partial charge in [0.05, 0.1) is 24.0 Å². The maximum absolute atomic E-state index is 13.6. The minimum absolute atomic E-state index is 0.0571. The molecule has 1 aromatic carbocycles. The first-order valence-electron chi connectivity index (χ1n) is 6.66. The van der Waals surface area contributed by atoms with Crippen LogP contribution in [0.2, 0.25) is 0 Å². The Labute approximate surface area is 130 Å². The number of halogens is 2. The lowest BCUT2D eigenvalue weighted by Crippen LogP contribution is -2.13. The zero-order valence-corrected chi connectivity index (χ0v) is 12.1. The molecule has 2 amide bonds. The van der Waals surface area contributed by atoms with Crippen LogP contribution in [-0.2, 0) is 11.3 Å². The number of aryl methyl sites for hydroxylation is 1. The van der Waals surface area contributed by atoms with E-state index in [1.807, 2.05) is 0 Å². The Hall–Kier alpha value is -3.03. The van der Waals surface area contributed by atoms with Crippen molar-refractivity contribution in [2.24, 2.45) is 0 Å². The second kappa shape index (κ2) is 7.30. The highest BCUT2D eigenvalue weighted by molar-refractivity contribution is 6.04. The van der Waals surface area contributed by atoms with E-state index in [1.165, 1.54) is 29.2 Å². The lowest BCUT2D eigenvalue weighted by molar-refractivity contribution is -0.111. The first-order valence-corrected chi connectivity index (χ1v) is 6.66. The van der Waals surface area contributed by atoms with Crippen molar-refractivity contribution < 1.29 is 18.4 Å². The molecule has 0 unspecified atom stereocenters. The fraction of sp³-hybridized carbons (Fsp3) is 0.133. The lowest BCUT2D eigenvalue weighted by Gasteiger charge is -2.08. The van der Waals surface area contributed by atoms with Crippen LogP contribution in [-0.4, -0.2) is 28.3 Å². The van der Waals surface area contributed by atoms with Crippen LogP contribution in [0, 0.1) is 5.82 Å². The van der Waals surface area contributed by atoms with E-state index in [0.717, 1.165) is 12.1 Å². The van der Waals surface area contributed by atoms with E-state index in [1.54, 1.807) is 0 Å². The second-order valence-corrected chi connectivity index (χ2v) is 4.52. The Morgan fingerprint density at radius 2 is 2.13 bits per heavy atom. The third kappa shape index (κ3) is 4.22. The van der Waals surface area contributed by atoms with Crippen molar-refractivity contribution in [3.05, 3.63) is 54.6 Å². The van der Waals surface area contributed by atoms with Gasteiger partial charge in [-0.3, -0.25) is 14.3 Å². The number of anilines is 2. The predicted molar refractivity (Wildman–Crippen MR) is 81.4 cm³/mol. The van der Waals surface area contributed by atoms with Gasteiger partial charge in [-0.1, -0.05) is 6.58 Å². The van der Waals surface area contributed by atoms with E-state index in [4.69, 9.17) is 0 Å². The molecule has 2 rings (SSSR count). The third-order valence-corrected chi connectivity index (χ3v) is 2.88. The van der Waals surface area contributed by atoms with Crippen molar-refractivity contribution in [3.63, 3.8) is 0 Å². The van der Waals surface area contributed by atoms with Gasteiger partial charge >= 0.3 is 0 Å². The summed E-state index contributed by atoms with van der Waals surface area (Å²) in [4.78, 5) is 23.3. The Bertz CT molecular complexity index is 743. The van der Waals surface area contributed by atoms with Crippen molar-refractivity contribution in [1.82, 2.24) is 9.78 Å². The number of nitrogens with zero attached hydrogens (tertiary/aromatic N) is 2.